The molecule has 0 saturated carbocycles. The molecular weight excluding hydrogens is 742 g/mol. The number of rotatable bonds is 11. The van der Waals surface area contributed by atoms with Crippen molar-refractivity contribution in [2.45, 2.75) is 9.79 Å². The molecule has 0 saturated heterocycles. The van der Waals surface area contributed by atoms with Crippen LogP contribution in [0.15, 0.2) is 186 Å². The Bertz CT molecular complexity index is 1520. The first-order chi connectivity index (χ1) is 22.3. The van der Waals surface area contributed by atoms with Gasteiger partial charge in [-0.2, -0.15) is 0 Å². The van der Waals surface area contributed by atoms with Gasteiger partial charge in [0, 0.05) is 22.4 Å². The van der Waals surface area contributed by atoms with E-state index in [1.807, 2.05) is 11.8 Å². The molecule has 6 rings (SSSR count). The van der Waals surface area contributed by atoms with Gasteiger partial charge in [-0.05, 0) is 61.3 Å². The van der Waals surface area contributed by atoms with Crippen molar-refractivity contribution >= 4 is 73.6 Å². The summed E-state index contributed by atoms with van der Waals surface area (Å²) in [6, 6.07) is 64.0. The van der Waals surface area contributed by atoms with E-state index in [4.69, 9.17) is 19.1 Å². The summed E-state index contributed by atoms with van der Waals surface area (Å²) in [7, 11) is 8.37. The monoisotopic (exact) mass is 773 g/mol. The number of anilines is 1. The fraction of sp³-hybridized carbons (Fsp3) is 0.0526. The van der Waals surface area contributed by atoms with E-state index in [2.05, 4.69) is 181 Å². The fourth-order valence-electron chi connectivity index (χ4n) is 5.02. The second-order valence-electron chi connectivity index (χ2n) is 9.95. The quantitative estimate of drug-likeness (QED) is 0.0953. The molecule has 0 aliphatic heterocycles. The minimum atomic E-state index is -0.627. The SMILES string of the molecule is [Cl][Pd][Cl].c1ccc(Sc2ccccc2N(CP(c2ccccc2)c2ccccc2)CP(c2ccccc2)c2ccccc2)cc1. The molecule has 6 aromatic rings. The van der Waals surface area contributed by atoms with Crippen LogP contribution >= 0.6 is 46.7 Å². The second kappa shape index (κ2) is 18.7. The molecular formula is C38H33Cl2NP2PdS. The number of hydrogen-bond donors (Lipinski definition) is 0. The van der Waals surface area contributed by atoms with Gasteiger partial charge in [-0.15, -0.1) is 0 Å². The molecule has 0 bridgehead atoms. The van der Waals surface area contributed by atoms with Crippen LogP contribution in [0.5, 0.6) is 0 Å². The summed E-state index contributed by atoms with van der Waals surface area (Å²) in [4.78, 5) is 5.23. The van der Waals surface area contributed by atoms with Crippen LogP contribution in [0.25, 0.3) is 0 Å². The third kappa shape index (κ3) is 10.0. The number of halogens is 2. The van der Waals surface area contributed by atoms with Crippen LogP contribution in [0.3, 0.4) is 0 Å². The topological polar surface area (TPSA) is 3.24 Å². The van der Waals surface area contributed by atoms with Crippen molar-refractivity contribution in [2.24, 2.45) is 0 Å². The van der Waals surface area contributed by atoms with Crippen molar-refractivity contribution in [3.8, 4) is 0 Å². The van der Waals surface area contributed by atoms with E-state index in [1.165, 1.54) is 36.7 Å². The maximum atomic E-state index is 4.81. The molecule has 6 aromatic carbocycles. The van der Waals surface area contributed by atoms with Crippen LogP contribution < -0.4 is 26.1 Å². The van der Waals surface area contributed by atoms with Gasteiger partial charge >= 0.3 is 35.0 Å². The Morgan fingerprint density at radius 1 is 0.444 bits per heavy atom. The minimum absolute atomic E-state index is 0.106. The fourth-order valence-corrected chi connectivity index (χ4v) is 10.7. The van der Waals surface area contributed by atoms with Crippen molar-refractivity contribution in [3.05, 3.63) is 176 Å². The van der Waals surface area contributed by atoms with Crippen molar-refractivity contribution in [1.82, 2.24) is 0 Å². The summed E-state index contributed by atoms with van der Waals surface area (Å²) in [5, 5.41) is 5.61. The zero-order valence-corrected chi connectivity index (χ0v) is 30.2. The summed E-state index contributed by atoms with van der Waals surface area (Å²) < 4.78 is 0. The molecule has 0 aliphatic rings. The average Bonchev–Trinajstić information content (AvgIpc) is 3.11. The summed E-state index contributed by atoms with van der Waals surface area (Å²) >= 11 is 1.75. The maximum absolute atomic E-state index is 4.81. The number of benzene rings is 6. The van der Waals surface area contributed by atoms with E-state index < -0.39 is 15.8 Å². The minimum Gasteiger partial charge on any atom is -0.361 e. The summed E-state index contributed by atoms with van der Waals surface area (Å²) in [6.45, 7) is 0. The van der Waals surface area contributed by atoms with Crippen LogP contribution in [-0.4, -0.2) is 12.6 Å². The molecule has 0 amide bonds. The Morgan fingerprint density at radius 2 is 0.756 bits per heavy atom. The Labute approximate surface area is 290 Å². The van der Waals surface area contributed by atoms with Crippen LogP contribution in [0.1, 0.15) is 0 Å². The van der Waals surface area contributed by atoms with Gasteiger partial charge in [0.05, 0.1) is 5.69 Å². The van der Waals surface area contributed by atoms with Crippen molar-refractivity contribution in [3.63, 3.8) is 0 Å². The molecule has 45 heavy (non-hydrogen) atoms. The third-order valence-electron chi connectivity index (χ3n) is 7.07. The molecule has 230 valence electrons. The van der Waals surface area contributed by atoms with Gasteiger partial charge in [-0.3, -0.25) is 0 Å². The van der Waals surface area contributed by atoms with E-state index in [-0.39, 0.29) is 15.9 Å². The van der Waals surface area contributed by atoms with E-state index in [0.29, 0.717) is 0 Å². The van der Waals surface area contributed by atoms with Gasteiger partial charge in [-0.1, -0.05) is 163 Å². The van der Waals surface area contributed by atoms with E-state index in [9.17, 15) is 0 Å². The van der Waals surface area contributed by atoms with Gasteiger partial charge in [0.2, 0.25) is 0 Å². The van der Waals surface area contributed by atoms with Crippen molar-refractivity contribution < 1.29 is 15.9 Å². The summed E-state index contributed by atoms with van der Waals surface area (Å²) in [6.07, 6.45) is 1.88. The Hall–Kier alpha value is -2.43. The summed E-state index contributed by atoms with van der Waals surface area (Å²) in [5.41, 5.74) is 1.30. The Kier molecular flexibility index (Phi) is 14.1. The molecule has 0 N–H and O–H groups in total. The number of hydrogen-bond acceptors (Lipinski definition) is 2. The van der Waals surface area contributed by atoms with Gasteiger partial charge in [0.25, 0.3) is 0 Å². The zero-order valence-electron chi connectivity index (χ0n) is 24.5. The first-order valence-electron chi connectivity index (χ1n) is 14.4. The normalized spacial score (nSPS) is 10.8. The van der Waals surface area contributed by atoms with Gasteiger partial charge < -0.3 is 4.90 Å². The van der Waals surface area contributed by atoms with E-state index in [1.54, 1.807) is 0 Å². The molecule has 0 aliphatic carbocycles. The number of para-hydroxylation sites is 1. The zero-order chi connectivity index (χ0) is 31.1. The van der Waals surface area contributed by atoms with Crippen LogP contribution in [0, 0.1) is 0 Å². The average molecular weight is 775 g/mol. The van der Waals surface area contributed by atoms with Crippen molar-refractivity contribution in [2.75, 3.05) is 17.5 Å². The van der Waals surface area contributed by atoms with Gasteiger partial charge in [-0.25, -0.2) is 0 Å². The Morgan fingerprint density at radius 3 is 1.13 bits per heavy atom. The Balaban J connectivity index is 0.00000128. The van der Waals surface area contributed by atoms with E-state index in [0.717, 1.165) is 12.6 Å². The molecule has 0 spiro atoms. The predicted octanol–water partition coefficient (Wildman–Crippen LogP) is 10.2. The molecule has 0 radical (unpaired) electrons. The second-order valence-corrected chi connectivity index (χ2v) is 17.8. The maximum Gasteiger partial charge on any atom is 0.0514 e. The smallest absolute Gasteiger partial charge is 0.0514 e. The molecule has 0 fully saturated rings. The molecule has 7 heteroatoms. The van der Waals surface area contributed by atoms with E-state index >= 15 is 0 Å². The van der Waals surface area contributed by atoms with Crippen molar-refractivity contribution in [1.29, 1.82) is 0 Å². The van der Waals surface area contributed by atoms with Crippen LogP contribution in [-0.2, 0) is 15.9 Å². The molecule has 1 nitrogen and oxygen atoms in total. The largest absolute Gasteiger partial charge is 0.361 e. The molecule has 0 heterocycles. The first-order valence-corrected chi connectivity index (χ1v) is 22.3. The van der Waals surface area contributed by atoms with Gasteiger partial charge in [0.1, 0.15) is 0 Å². The summed E-state index contributed by atoms with van der Waals surface area (Å²) in [5.74, 6) is 0. The third-order valence-corrected chi connectivity index (χ3v) is 13.1. The van der Waals surface area contributed by atoms with Gasteiger partial charge in [0.15, 0.2) is 0 Å². The first kappa shape index (κ1) is 33.9. The van der Waals surface area contributed by atoms with Crippen LogP contribution in [0.4, 0.5) is 5.69 Å². The number of nitrogens with zero attached hydrogens (tertiary/aromatic N) is 1. The molecule has 0 unspecified atom stereocenters. The van der Waals surface area contributed by atoms with Crippen LogP contribution in [0.2, 0.25) is 0 Å². The molecule has 0 atom stereocenters. The predicted molar refractivity (Wildman–Crippen MR) is 199 cm³/mol. The molecule has 0 aromatic heterocycles. The standard InChI is InChI=1S/C38H33NP2S.2ClH.Pd/c1-6-18-32(19-7-1)40(33-20-8-2-9-21-33)30-39(37-28-16-17-29-38(37)42-36-26-14-5-15-27-36)31-41(34-22-10-3-11-23-34)35-24-12-4-13-25-35;;;/h1-29H,30-31H2;2*1H;/q;;;+2/p-2.